The van der Waals surface area contributed by atoms with Crippen LogP contribution in [0.4, 0.5) is 0 Å². The van der Waals surface area contributed by atoms with Crippen molar-refractivity contribution >= 4 is 0 Å². The molecule has 2 unspecified atom stereocenters. The van der Waals surface area contributed by atoms with Crippen molar-refractivity contribution in [3.8, 4) is 0 Å². The van der Waals surface area contributed by atoms with E-state index in [1.165, 1.54) is 30.7 Å². The fraction of sp³-hybridized carbons (Fsp3) is 0.727. The van der Waals surface area contributed by atoms with E-state index in [0.717, 1.165) is 24.3 Å². The minimum Gasteiger partial charge on any atom is -0.348 e. The summed E-state index contributed by atoms with van der Waals surface area (Å²) in [5.74, 6) is 0.893. The second-order valence-electron chi connectivity index (χ2n) is 5.12. The van der Waals surface area contributed by atoms with Crippen LogP contribution < -0.4 is 5.32 Å². The number of hydrogen-bond donors (Lipinski definition) is 2. The second-order valence-corrected chi connectivity index (χ2v) is 5.12. The van der Waals surface area contributed by atoms with Gasteiger partial charge in [-0.3, -0.25) is 0 Å². The molecule has 74 valence electrons. The van der Waals surface area contributed by atoms with Crippen molar-refractivity contribution in [1.29, 1.82) is 0 Å². The lowest BCUT2D eigenvalue weighted by atomic mass is 10.00. The third-order valence-corrected chi connectivity index (χ3v) is 4.33. The van der Waals surface area contributed by atoms with Crippen LogP contribution in [-0.2, 0) is 6.42 Å². The molecule has 0 saturated heterocycles. The number of imidazole rings is 1. The van der Waals surface area contributed by atoms with Crippen molar-refractivity contribution in [3.05, 3.63) is 17.7 Å². The maximum absolute atomic E-state index is 4.47. The number of aromatic amines is 1. The molecule has 3 aliphatic rings. The highest BCUT2D eigenvalue weighted by molar-refractivity contribution is 5.27. The molecule has 3 nitrogen and oxygen atoms in total. The number of fused-ring (bicyclic) bond motifs is 1. The minimum atomic E-state index is 0.562. The molecule has 1 aromatic heterocycles. The normalized spacial score (nSPS) is 36.9. The number of aromatic nitrogens is 2. The summed E-state index contributed by atoms with van der Waals surface area (Å²) in [7, 11) is 0. The molecule has 0 bridgehead atoms. The van der Waals surface area contributed by atoms with Crippen molar-refractivity contribution in [1.82, 2.24) is 15.3 Å². The van der Waals surface area contributed by atoms with Gasteiger partial charge in [-0.15, -0.1) is 0 Å². The zero-order chi connectivity index (χ0) is 9.17. The topological polar surface area (TPSA) is 40.7 Å². The van der Waals surface area contributed by atoms with Gasteiger partial charge in [0.05, 0.1) is 18.1 Å². The first-order valence-corrected chi connectivity index (χ1v) is 5.65. The van der Waals surface area contributed by atoms with Crippen LogP contribution in [0.2, 0.25) is 0 Å². The van der Waals surface area contributed by atoms with Crippen LogP contribution in [0.5, 0.6) is 0 Å². The lowest BCUT2D eigenvalue weighted by Crippen LogP contribution is -2.31. The Morgan fingerprint density at radius 1 is 1.43 bits per heavy atom. The summed E-state index contributed by atoms with van der Waals surface area (Å²) < 4.78 is 0. The predicted molar refractivity (Wildman–Crippen MR) is 52.8 cm³/mol. The first-order chi connectivity index (χ1) is 6.89. The van der Waals surface area contributed by atoms with E-state index in [1.807, 2.05) is 6.33 Å². The molecule has 0 amide bonds. The Balaban J connectivity index is 1.69. The molecule has 3 heteroatoms. The molecule has 2 atom stereocenters. The third kappa shape index (κ3) is 0.836. The van der Waals surface area contributed by atoms with E-state index in [0.29, 0.717) is 6.04 Å². The molecule has 1 spiro atoms. The number of nitrogens with zero attached hydrogens (tertiary/aromatic N) is 1. The van der Waals surface area contributed by atoms with Crippen LogP contribution in [0.3, 0.4) is 0 Å². The molecule has 0 radical (unpaired) electrons. The van der Waals surface area contributed by atoms with E-state index >= 15 is 0 Å². The molecular weight excluding hydrogens is 174 g/mol. The summed E-state index contributed by atoms with van der Waals surface area (Å²) >= 11 is 0. The lowest BCUT2D eigenvalue weighted by Gasteiger charge is -2.23. The summed E-state index contributed by atoms with van der Waals surface area (Å²) in [5, 5.41) is 3.64. The van der Waals surface area contributed by atoms with Crippen molar-refractivity contribution in [2.24, 2.45) is 11.3 Å². The summed E-state index contributed by atoms with van der Waals surface area (Å²) in [6, 6.07) is 0.562. The average Bonchev–Trinajstić information content (AvgIpc) is 3.08. The van der Waals surface area contributed by atoms with E-state index in [1.54, 1.807) is 0 Å². The van der Waals surface area contributed by atoms with Crippen LogP contribution in [-0.4, -0.2) is 16.5 Å². The summed E-state index contributed by atoms with van der Waals surface area (Å²) in [4.78, 5) is 7.74. The fourth-order valence-electron chi connectivity index (χ4n) is 3.17. The third-order valence-electron chi connectivity index (χ3n) is 4.33. The predicted octanol–water partition coefficient (Wildman–Crippen LogP) is 1.40. The lowest BCUT2D eigenvalue weighted by molar-refractivity contribution is 0.422. The van der Waals surface area contributed by atoms with E-state index in [2.05, 4.69) is 15.3 Å². The van der Waals surface area contributed by atoms with Gasteiger partial charge in [0.25, 0.3) is 0 Å². The summed E-state index contributed by atoms with van der Waals surface area (Å²) in [6.07, 6.45) is 7.35. The van der Waals surface area contributed by atoms with Crippen molar-refractivity contribution < 1.29 is 0 Å². The largest absolute Gasteiger partial charge is 0.348 e. The number of nitrogens with one attached hydrogen (secondary N) is 2. The first-order valence-electron chi connectivity index (χ1n) is 5.65. The number of H-pyrrole nitrogens is 1. The molecule has 1 aromatic rings. The van der Waals surface area contributed by atoms with Crippen LogP contribution in [0.15, 0.2) is 6.33 Å². The molecular formula is C11H15N3. The zero-order valence-electron chi connectivity index (χ0n) is 8.21. The van der Waals surface area contributed by atoms with Crippen LogP contribution in [0.25, 0.3) is 0 Å². The monoisotopic (exact) mass is 189 g/mol. The molecule has 14 heavy (non-hydrogen) atoms. The molecule has 2 N–H and O–H groups in total. The quantitative estimate of drug-likeness (QED) is 0.701. The van der Waals surface area contributed by atoms with Gasteiger partial charge in [-0.2, -0.15) is 0 Å². The highest BCUT2D eigenvalue weighted by Gasteiger charge is 2.65. The first kappa shape index (κ1) is 7.46. The second kappa shape index (κ2) is 2.22. The Bertz CT molecular complexity index is 378. The van der Waals surface area contributed by atoms with E-state index in [4.69, 9.17) is 0 Å². The van der Waals surface area contributed by atoms with Gasteiger partial charge < -0.3 is 10.3 Å². The Morgan fingerprint density at radius 2 is 2.36 bits per heavy atom. The Morgan fingerprint density at radius 3 is 3.14 bits per heavy atom. The van der Waals surface area contributed by atoms with E-state index in [-0.39, 0.29) is 0 Å². The molecule has 1 aliphatic heterocycles. The Labute approximate surface area is 83.3 Å². The number of rotatable bonds is 1. The van der Waals surface area contributed by atoms with Gasteiger partial charge in [-0.25, -0.2) is 4.98 Å². The highest BCUT2D eigenvalue weighted by atomic mass is 15.0. The SMILES string of the molecule is c1nc2c([nH]1)CCNC2C1CC12CC2. The smallest absolute Gasteiger partial charge is 0.0925 e. The Kier molecular flexibility index (Phi) is 1.18. The maximum atomic E-state index is 4.47. The van der Waals surface area contributed by atoms with Crippen LogP contribution >= 0.6 is 0 Å². The van der Waals surface area contributed by atoms with Crippen molar-refractivity contribution in [2.75, 3.05) is 6.54 Å². The van der Waals surface area contributed by atoms with Gasteiger partial charge in [0.2, 0.25) is 0 Å². The standard InChI is InChI=1S/C11H15N3/c1-4-12-9(7-5-11(7)2-3-11)10-8(1)13-6-14-10/h6-7,9,12H,1-5H2,(H,13,14). The van der Waals surface area contributed by atoms with E-state index in [9.17, 15) is 0 Å². The molecule has 0 aromatic carbocycles. The number of hydrogen-bond acceptors (Lipinski definition) is 2. The van der Waals surface area contributed by atoms with Gasteiger partial charge in [-0.05, 0) is 30.6 Å². The van der Waals surface area contributed by atoms with Crippen molar-refractivity contribution in [3.63, 3.8) is 0 Å². The molecule has 2 aliphatic carbocycles. The molecule has 2 fully saturated rings. The van der Waals surface area contributed by atoms with Crippen LogP contribution in [0.1, 0.15) is 36.7 Å². The van der Waals surface area contributed by atoms with Gasteiger partial charge >= 0.3 is 0 Å². The van der Waals surface area contributed by atoms with E-state index < -0.39 is 0 Å². The fourth-order valence-corrected chi connectivity index (χ4v) is 3.17. The molecule has 2 saturated carbocycles. The molecule has 2 heterocycles. The van der Waals surface area contributed by atoms with Gasteiger partial charge in [-0.1, -0.05) is 0 Å². The highest BCUT2D eigenvalue weighted by Crippen LogP contribution is 2.73. The van der Waals surface area contributed by atoms with Gasteiger partial charge in [0, 0.05) is 18.7 Å². The average molecular weight is 189 g/mol. The molecule has 4 rings (SSSR count). The maximum Gasteiger partial charge on any atom is 0.0925 e. The van der Waals surface area contributed by atoms with Gasteiger partial charge in [0.1, 0.15) is 0 Å². The van der Waals surface area contributed by atoms with Crippen molar-refractivity contribution in [2.45, 2.75) is 31.7 Å². The Hall–Kier alpha value is -0.830. The zero-order valence-corrected chi connectivity index (χ0v) is 8.21. The summed E-state index contributed by atoms with van der Waals surface area (Å²) in [6.45, 7) is 1.12. The minimum absolute atomic E-state index is 0.562. The summed E-state index contributed by atoms with van der Waals surface area (Å²) in [5.41, 5.74) is 3.45. The van der Waals surface area contributed by atoms with Gasteiger partial charge in [0.15, 0.2) is 0 Å². The van der Waals surface area contributed by atoms with Crippen LogP contribution in [0, 0.1) is 11.3 Å².